The number of rotatable bonds is 6. The van der Waals surface area contributed by atoms with Crippen LogP contribution in [0.5, 0.6) is 5.75 Å². The van der Waals surface area contributed by atoms with Crippen molar-refractivity contribution in [3.8, 4) is 11.8 Å². The highest BCUT2D eigenvalue weighted by molar-refractivity contribution is 5.89. The van der Waals surface area contributed by atoms with E-state index in [-0.39, 0.29) is 0 Å². The Balaban J connectivity index is 2.81. The average Bonchev–Trinajstić information content (AvgIpc) is 2.54. The van der Waals surface area contributed by atoms with Crippen molar-refractivity contribution in [1.29, 1.82) is 5.26 Å². The van der Waals surface area contributed by atoms with E-state index in [0.29, 0.717) is 17.7 Å². The lowest BCUT2D eigenvalue weighted by atomic mass is 9.99. The number of ether oxygens (including phenoxy) is 2. The van der Waals surface area contributed by atoms with Crippen LogP contribution in [0.3, 0.4) is 0 Å². The van der Waals surface area contributed by atoms with Crippen molar-refractivity contribution in [3.63, 3.8) is 0 Å². The first-order valence-electron chi connectivity index (χ1n) is 6.94. The van der Waals surface area contributed by atoms with Crippen molar-refractivity contribution in [2.45, 2.75) is 38.8 Å². The predicted molar refractivity (Wildman–Crippen MR) is 80.1 cm³/mol. The molecule has 0 saturated heterocycles. The summed E-state index contributed by atoms with van der Waals surface area (Å²) in [5.74, 6) is -0.653. The Kier molecular flexibility index (Phi) is 5.93. The van der Waals surface area contributed by atoms with Crippen LogP contribution in [-0.2, 0) is 14.3 Å². The molecule has 1 aromatic rings. The first-order valence-corrected chi connectivity index (χ1v) is 6.94. The van der Waals surface area contributed by atoms with Crippen molar-refractivity contribution in [2.75, 3.05) is 7.11 Å². The summed E-state index contributed by atoms with van der Waals surface area (Å²) >= 11 is 0. The second kappa shape index (κ2) is 7.46. The second-order valence-corrected chi connectivity index (χ2v) is 5.03. The van der Waals surface area contributed by atoms with Crippen LogP contribution in [0.15, 0.2) is 24.3 Å². The van der Waals surface area contributed by atoms with Gasteiger partial charge in [-0.05, 0) is 32.4 Å². The van der Waals surface area contributed by atoms with Gasteiger partial charge in [-0.15, -0.1) is 0 Å². The maximum absolute atomic E-state index is 12.2. The van der Waals surface area contributed by atoms with E-state index in [2.05, 4.69) is 5.32 Å². The molecule has 6 nitrogen and oxygen atoms in total. The Morgan fingerprint density at radius 1 is 1.41 bits per heavy atom. The van der Waals surface area contributed by atoms with Gasteiger partial charge in [0, 0.05) is 0 Å². The molecule has 118 valence electrons. The number of carbonyl (C=O) groups is 2. The number of nitriles is 1. The first-order chi connectivity index (χ1) is 10.4. The van der Waals surface area contributed by atoms with Crippen LogP contribution in [0.1, 0.15) is 32.8 Å². The number of amides is 1. The number of hydrogen-bond donors (Lipinski definition) is 1. The summed E-state index contributed by atoms with van der Waals surface area (Å²) < 4.78 is 10.2. The highest BCUT2D eigenvalue weighted by Crippen LogP contribution is 2.19. The van der Waals surface area contributed by atoms with E-state index in [1.807, 2.05) is 6.07 Å². The Morgan fingerprint density at radius 3 is 2.59 bits per heavy atom. The van der Waals surface area contributed by atoms with Crippen LogP contribution in [0, 0.1) is 11.3 Å². The lowest BCUT2D eigenvalue weighted by molar-refractivity contribution is -0.151. The van der Waals surface area contributed by atoms with Gasteiger partial charge in [-0.25, -0.2) is 4.79 Å². The van der Waals surface area contributed by atoms with Crippen molar-refractivity contribution >= 4 is 11.9 Å². The smallest absolute Gasteiger partial charge is 0.331 e. The topological polar surface area (TPSA) is 88.4 Å². The van der Waals surface area contributed by atoms with Gasteiger partial charge in [0.25, 0.3) is 5.91 Å². The van der Waals surface area contributed by atoms with Gasteiger partial charge in [-0.2, -0.15) is 5.26 Å². The fourth-order valence-corrected chi connectivity index (χ4v) is 1.79. The van der Waals surface area contributed by atoms with E-state index < -0.39 is 23.5 Å². The van der Waals surface area contributed by atoms with Crippen LogP contribution in [0.25, 0.3) is 0 Å². The molecule has 0 aromatic heterocycles. The van der Waals surface area contributed by atoms with Crippen molar-refractivity contribution < 1.29 is 19.1 Å². The molecule has 1 amide bonds. The molecule has 1 aromatic carbocycles. The molecule has 1 rings (SSSR count). The molecule has 0 aliphatic heterocycles. The van der Waals surface area contributed by atoms with Crippen LogP contribution < -0.4 is 10.1 Å². The summed E-state index contributed by atoms with van der Waals surface area (Å²) in [4.78, 5) is 24.0. The molecule has 1 N–H and O–H groups in total. The maximum Gasteiger partial charge on any atom is 0.331 e. The summed E-state index contributed by atoms with van der Waals surface area (Å²) in [6.07, 6.45) is -0.475. The van der Waals surface area contributed by atoms with Crippen molar-refractivity contribution in [1.82, 2.24) is 5.32 Å². The fourth-order valence-electron chi connectivity index (χ4n) is 1.79. The maximum atomic E-state index is 12.2. The number of esters is 1. The molecule has 0 heterocycles. The molecule has 2 atom stereocenters. The third-order valence-corrected chi connectivity index (χ3v) is 3.42. The van der Waals surface area contributed by atoms with Crippen LogP contribution in [0.4, 0.5) is 0 Å². The van der Waals surface area contributed by atoms with Gasteiger partial charge in [-0.1, -0.05) is 19.1 Å². The summed E-state index contributed by atoms with van der Waals surface area (Å²) in [6, 6.07) is 8.63. The standard InChI is InChI=1S/C16H20N2O4/c1-5-16(3,15(20)21-4)18-14(19)11(2)22-13-9-7-6-8-12(13)10-17/h6-9,11H,5H2,1-4H3,(H,18,19). The molecular weight excluding hydrogens is 284 g/mol. The number of para-hydroxylation sites is 1. The van der Waals surface area contributed by atoms with Gasteiger partial charge in [-0.3, -0.25) is 4.79 Å². The molecule has 0 aliphatic carbocycles. The van der Waals surface area contributed by atoms with Crippen molar-refractivity contribution in [2.24, 2.45) is 0 Å². The highest BCUT2D eigenvalue weighted by Gasteiger charge is 2.35. The van der Waals surface area contributed by atoms with E-state index in [9.17, 15) is 9.59 Å². The number of nitrogens with one attached hydrogen (secondary N) is 1. The molecule has 0 spiro atoms. The van der Waals surface area contributed by atoms with E-state index >= 15 is 0 Å². The summed E-state index contributed by atoms with van der Waals surface area (Å²) in [6.45, 7) is 4.91. The van der Waals surface area contributed by atoms with E-state index in [1.165, 1.54) is 7.11 Å². The molecule has 22 heavy (non-hydrogen) atoms. The third kappa shape index (κ3) is 3.98. The fraction of sp³-hybridized carbons (Fsp3) is 0.438. The zero-order valence-electron chi connectivity index (χ0n) is 13.2. The molecular formula is C16H20N2O4. The Morgan fingerprint density at radius 2 is 2.05 bits per heavy atom. The van der Waals surface area contributed by atoms with Gasteiger partial charge < -0.3 is 14.8 Å². The SMILES string of the molecule is CCC(C)(NC(=O)C(C)Oc1ccccc1C#N)C(=O)OC. The number of carbonyl (C=O) groups excluding carboxylic acids is 2. The number of nitrogens with zero attached hydrogens (tertiary/aromatic N) is 1. The highest BCUT2D eigenvalue weighted by atomic mass is 16.5. The largest absolute Gasteiger partial charge is 0.480 e. The van der Waals surface area contributed by atoms with Gasteiger partial charge in [0.15, 0.2) is 6.10 Å². The molecule has 0 bridgehead atoms. The molecule has 0 aliphatic rings. The first kappa shape index (κ1) is 17.5. The molecule has 2 unspecified atom stereocenters. The quantitative estimate of drug-likeness (QED) is 0.809. The second-order valence-electron chi connectivity index (χ2n) is 5.03. The van der Waals surface area contributed by atoms with Crippen molar-refractivity contribution in [3.05, 3.63) is 29.8 Å². The van der Waals surface area contributed by atoms with Gasteiger partial charge in [0.05, 0.1) is 12.7 Å². The van der Waals surface area contributed by atoms with E-state index in [1.54, 1.807) is 45.0 Å². The molecule has 0 fully saturated rings. The lowest BCUT2D eigenvalue weighted by Gasteiger charge is -2.28. The van der Waals surface area contributed by atoms with Crippen LogP contribution in [-0.4, -0.2) is 30.6 Å². The summed E-state index contributed by atoms with van der Waals surface area (Å²) in [5.41, 5.74) is -0.772. The monoisotopic (exact) mass is 304 g/mol. The van der Waals surface area contributed by atoms with E-state index in [0.717, 1.165) is 0 Å². The minimum absolute atomic E-state index is 0.323. The van der Waals surface area contributed by atoms with Gasteiger partial charge >= 0.3 is 5.97 Å². The zero-order valence-corrected chi connectivity index (χ0v) is 13.2. The minimum atomic E-state index is -1.11. The summed E-state index contributed by atoms with van der Waals surface area (Å²) in [5, 5.41) is 11.6. The molecule has 0 radical (unpaired) electrons. The number of benzene rings is 1. The number of methoxy groups -OCH3 is 1. The number of hydrogen-bond acceptors (Lipinski definition) is 5. The van der Waals surface area contributed by atoms with Gasteiger partial charge in [0.2, 0.25) is 0 Å². The predicted octanol–water partition coefficient (Wildman–Crippen LogP) is 1.78. The Bertz CT molecular complexity index is 594. The summed E-state index contributed by atoms with van der Waals surface area (Å²) in [7, 11) is 1.27. The zero-order chi connectivity index (χ0) is 16.8. The molecule has 0 saturated carbocycles. The lowest BCUT2D eigenvalue weighted by Crippen LogP contribution is -2.55. The normalized spacial score (nSPS) is 14.1. The van der Waals surface area contributed by atoms with Crippen LogP contribution >= 0.6 is 0 Å². The molecule has 6 heteroatoms. The van der Waals surface area contributed by atoms with Gasteiger partial charge in [0.1, 0.15) is 17.4 Å². The third-order valence-electron chi connectivity index (χ3n) is 3.42. The van der Waals surface area contributed by atoms with Crippen LogP contribution in [0.2, 0.25) is 0 Å². The Hall–Kier alpha value is -2.55. The Labute approximate surface area is 130 Å². The average molecular weight is 304 g/mol. The van der Waals surface area contributed by atoms with E-state index in [4.69, 9.17) is 14.7 Å². The minimum Gasteiger partial charge on any atom is -0.480 e.